The number of piperidine rings is 1. The van der Waals surface area contributed by atoms with Crippen LogP contribution in [-0.2, 0) is 4.79 Å². The first kappa shape index (κ1) is 26.2. The molecule has 5 rings (SSSR count). The van der Waals surface area contributed by atoms with Crippen LogP contribution in [-0.4, -0.2) is 73.6 Å². The number of aliphatic hydroxyl groups excluding tert-OH is 1. The van der Waals surface area contributed by atoms with E-state index in [1.165, 1.54) is 6.07 Å². The van der Waals surface area contributed by atoms with Crippen molar-refractivity contribution in [2.24, 2.45) is 0 Å². The Morgan fingerprint density at radius 1 is 1.30 bits per heavy atom. The molecule has 2 fully saturated rings. The number of nitrogens with zero attached hydrogens (tertiary/aromatic N) is 4. The maximum atomic E-state index is 10.6. The quantitative estimate of drug-likeness (QED) is 0.404. The van der Waals surface area contributed by atoms with Gasteiger partial charge in [-0.15, -0.1) is 0 Å². The van der Waals surface area contributed by atoms with E-state index in [1.54, 1.807) is 18.2 Å². The smallest absolute Gasteiger partial charge is 0.490 e. The van der Waals surface area contributed by atoms with Crippen LogP contribution < -0.4 is 5.32 Å². The van der Waals surface area contributed by atoms with Gasteiger partial charge in [0.15, 0.2) is 5.58 Å². The van der Waals surface area contributed by atoms with Crippen LogP contribution in [0.1, 0.15) is 30.4 Å². The zero-order valence-corrected chi connectivity index (χ0v) is 19.7. The third kappa shape index (κ3) is 5.76. The van der Waals surface area contributed by atoms with Gasteiger partial charge in [0.1, 0.15) is 5.75 Å². The highest BCUT2D eigenvalue weighted by Crippen LogP contribution is 2.34. The number of halogens is 3. The summed E-state index contributed by atoms with van der Waals surface area (Å²) in [5.41, 5.74) is 3.34. The number of aliphatic carboxylic acids is 1. The summed E-state index contributed by atoms with van der Waals surface area (Å²) < 4.78 is 37.6. The van der Waals surface area contributed by atoms with Gasteiger partial charge >= 0.3 is 12.1 Å². The maximum Gasteiger partial charge on any atom is 0.490 e. The van der Waals surface area contributed by atoms with Crippen LogP contribution >= 0.6 is 0 Å². The first-order valence-electron chi connectivity index (χ1n) is 11.5. The molecule has 37 heavy (non-hydrogen) atoms. The van der Waals surface area contributed by atoms with Crippen molar-refractivity contribution in [2.45, 2.75) is 50.6 Å². The van der Waals surface area contributed by atoms with Gasteiger partial charge in [-0.25, -0.2) is 9.78 Å². The number of hydrogen-bond donors (Lipinski definition) is 4. The number of pyridine rings is 1. The Labute approximate surface area is 209 Å². The Balaban J connectivity index is 0.000000405. The molecule has 0 amide bonds. The molecule has 13 heteroatoms. The van der Waals surface area contributed by atoms with Gasteiger partial charge in [-0.3, -0.25) is 4.90 Å². The minimum absolute atomic E-state index is 0.0160. The van der Waals surface area contributed by atoms with E-state index in [0.29, 0.717) is 34.1 Å². The van der Waals surface area contributed by atoms with E-state index in [1.807, 2.05) is 13.0 Å². The number of carboxylic acid groups (broad SMARTS) is 1. The fourth-order valence-electron chi connectivity index (χ4n) is 4.80. The lowest BCUT2D eigenvalue weighted by Crippen LogP contribution is -2.47. The molecule has 2 aliphatic rings. The summed E-state index contributed by atoms with van der Waals surface area (Å²) in [6.45, 7) is 3.59. The summed E-state index contributed by atoms with van der Waals surface area (Å²) in [6, 6.07) is 9.65. The number of carbonyl (C=O) groups is 1. The predicted octanol–water partition coefficient (Wildman–Crippen LogP) is 3.42. The largest absolute Gasteiger partial charge is 0.507 e. The number of oxazole rings is 1. The highest BCUT2D eigenvalue weighted by Gasteiger charge is 2.39. The lowest BCUT2D eigenvalue weighted by Gasteiger charge is -2.36. The lowest BCUT2D eigenvalue weighted by atomic mass is 9.96. The number of fused-ring (bicyclic) bond motifs is 2. The fourth-order valence-corrected chi connectivity index (χ4v) is 4.80. The molecule has 10 nitrogen and oxygen atoms in total. The highest BCUT2D eigenvalue weighted by molar-refractivity contribution is 5.78. The van der Waals surface area contributed by atoms with Gasteiger partial charge in [0, 0.05) is 24.2 Å². The minimum atomic E-state index is -5.08. The van der Waals surface area contributed by atoms with Crippen molar-refractivity contribution in [2.75, 3.05) is 18.4 Å². The summed E-state index contributed by atoms with van der Waals surface area (Å²) in [4.78, 5) is 20.3. The number of anilines is 1. The fraction of sp³-hybridized carbons (Fsp3) is 0.417. The number of rotatable bonds is 3. The number of nitriles is 1. The molecule has 4 N–H and O–H groups in total. The SMILES string of the molecule is Cc1cc(C#N)cc(O)c1-c1ccc2oc(NC3CCCN4C[C@@H](O)CC34)nc2n1.O=C(O)C(F)(F)F. The van der Waals surface area contributed by atoms with Gasteiger partial charge in [-0.1, -0.05) is 0 Å². The predicted molar refractivity (Wildman–Crippen MR) is 125 cm³/mol. The van der Waals surface area contributed by atoms with Crippen LogP contribution in [0.25, 0.3) is 22.5 Å². The van der Waals surface area contributed by atoms with E-state index in [9.17, 15) is 23.4 Å². The van der Waals surface area contributed by atoms with Crippen LogP contribution in [0.2, 0.25) is 0 Å². The third-order valence-corrected chi connectivity index (χ3v) is 6.36. The van der Waals surface area contributed by atoms with E-state index in [2.05, 4.69) is 20.2 Å². The van der Waals surface area contributed by atoms with E-state index in [0.717, 1.165) is 37.9 Å². The molecule has 4 heterocycles. The molecule has 2 aromatic heterocycles. The zero-order valence-electron chi connectivity index (χ0n) is 19.7. The van der Waals surface area contributed by atoms with Crippen molar-refractivity contribution in [3.63, 3.8) is 0 Å². The number of aromatic hydroxyl groups is 1. The summed E-state index contributed by atoms with van der Waals surface area (Å²) in [7, 11) is 0. The van der Waals surface area contributed by atoms with Gasteiger partial charge in [0.25, 0.3) is 6.01 Å². The molecule has 3 aromatic rings. The van der Waals surface area contributed by atoms with Crippen molar-refractivity contribution in [3.8, 4) is 23.1 Å². The lowest BCUT2D eigenvalue weighted by molar-refractivity contribution is -0.192. The molecule has 1 aromatic carbocycles. The molecule has 0 saturated carbocycles. The number of nitrogens with one attached hydrogen (secondary N) is 1. The van der Waals surface area contributed by atoms with Crippen LogP contribution in [0, 0.1) is 18.3 Å². The second kappa shape index (κ2) is 10.2. The van der Waals surface area contributed by atoms with Crippen molar-refractivity contribution in [1.29, 1.82) is 5.26 Å². The number of benzene rings is 1. The molecule has 3 atom stereocenters. The van der Waals surface area contributed by atoms with Crippen molar-refractivity contribution in [1.82, 2.24) is 14.9 Å². The topological polar surface area (TPSA) is 156 Å². The molecule has 0 radical (unpaired) electrons. The van der Waals surface area contributed by atoms with Crippen LogP contribution in [0.15, 0.2) is 28.7 Å². The first-order valence-corrected chi connectivity index (χ1v) is 11.5. The molecular formula is C24H24F3N5O5. The Kier molecular flexibility index (Phi) is 7.24. The van der Waals surface area contributed by atoms with Gasteiger partial charge in [0.05, 0.1) is 23.4 Å². The van der Waals surface area contributed by atoms with Crippen molar-refractivity contribution < 1.29 is 37.7 Å². The first-order chi connectivity index (χ1) is 17.5. The van der Waals surface area contributed by atoms with Crippen molar-refractivity contribution in [3.05, 3.63) is 35.4 Å². The second-order valence-electron chi connectivity index (χ2n) is 8.98. The van der Waals surface area contributed by atoms with Crippen molar-refractivity contribution >= 4 is 23.2 Å². The average molecular weight is 519 g/mol. The van der Waals surface area contributed by atoms with E-state index in [-0.39, 0.29) is 23.9 Å². The number of carboxylic acids is 1. The van der Waals surface area contributed by atoms with Crippen LogP contribution in [0.4, 0.5) is 19.2 Å². The number of alkyl halides is 3. The van der Waals surface area contributed by atoms with Gasteiger partial charge in [0.2, 0.25) is 5.65 Å². The van der Waals surface area contributed by atoms with E-state index < -0.39 is 12.1 Å². The summed E-state index contributed by atoms with van der Waals surface area (Å²) in [5, 5.41) is 40.0. The minimum Gasteiger partial charge on any atom is -0.507 e. The number of hydrogen-bond acceptors (Lipinski definition) is 9. The van der Waals surface area contributed by atoms with E-state index >= 15 is 0 Å². The Morgan fingerprint density at radius 3 is 2.68 bits per heavy atom. The molecule has 2 unspecified atom stereocenters. The summed E-state index contributed by atoms with van der Waals surface area (Å²) >= 11 is 0. The Hall–Kier alpha value is -3.89. The average Bonchev–Trinajstić information content (AvgIpc) is 3.40. The molecule has 2 aliphatic heterocycles. The van der Waals surface area contributed by atoms with Gasteiger partial charge < -0.3 is 25.1 Å². The van der Waals surface area contributed by atoms with Gasteiger partial charge in [-0.2, -0.15) is 23.4 Å². The second-order valence-corrected chi connectivity index (χ2v) is 8.98. The van der Waals surface area contributed by atoms with E-state index in [4.69, 9.17) is 19.6 Å². The Bertz CT molecular complexity index is 1330. The number of phenols is 1. The number of aromatic nitrogens is 2. The maximum absolute atomic E-state index is 10.6. The number of phenolic OH excluding ortho intramolecular Hbond substituents is 1. The molecule has 0 spiro atoms. The van der Waals surface area contributed by atoms with Gasteiger partial charge in [-0.05, 0) is 62.6 Å². The number of aryl methyl sites for hydroxylation is 1. The zero-order chi connectivity index (χ0) is 26.9. The van der Waals surface area contributed by atoms with Crippen LogP contribution in [0.5, 0.6) is 5.75 Å². The molecule has 0 bridgehead atoms. The normalized spacial score (nSPS) is 21.6. The molecule has 196 valence electrons. The highest BCUT2D eigenvalue weighted by atomic mass is 19.4. The number of aliphatic hydroxyl groups is 1. The molecular weight excluding hydrogens is 495 g/mol. The third-order valence-electron chi connectivity index (χ3n) is 6.36. The molecule has 0 aliphatic carbocycles. The molecule has 2 saturated heterocycles. The standard InChI is InChI=1S/C22H23N5O3.C2HF3O2/c1-12-7-13(10-23)8-18(29)20(12)16-4-5-19-21(24-16)26-22(30-19)25-15-3-2-6-27-11-14(28)9-17(15)27;3-2(4,5)1(6)7/h4-5,7-8,14-15,17,28-29H,2-3,6,9,11H2,1H3,(H,24,25,26);(H,6,7)/t14-,15?,17?;/m0./s1. The monoisotopic (exact) mass is 519 g/mol. The summed E-state index contributed by atoms with van der Waals surface area (Å²) in [6.07, 6.45) is -2.52. The van der Waals surface area contributed by atoms with Crippen LogP contribution in [0.3, 0.4) is 0 Å². The Morgan fingerprint density at radius 2 is 2.03 bits per heavy atom. The summed E-state index contributed by atoms with van der Waals surface area (Å²) in [5.74, 6) is -2.74.